The Balaban J connectivity index is 1.76. The van der Waals surface area contributed by atoms with Crippen molar-refractivity contribution < 1.29 is 14.0 Å². The molecular formula is C21H24FN3O2. The van der Waals surface area contributed by atoms with E-state index < -0.39 is 5.54 Å². The molecule has 0 radical (unpaired) electrons. The predicted molar refractivity (Wildman–Crippen MR) is 103 cm³/mol. The van der Waals surface area contributed by atoms with E-state index in [1.165, 1.54) is 12.1 Å². The second-order valence-corrected chi connectivity index (χ2v) is 6.97. The smallest absolute Gasteiger partial charge is 0.247 e. The highest BCUT2D eigenvalue weighted by Gasteiger charge is 2.45. The lowest BCUT2D eigenvalue weighted by Crippen LogP contribution is -2.54. The molecule has 1 atom stereocenters. The van der Waals surface area contributed by atoms with Crippen molar-refractivity contribution in [2.24, 2.45) is 0 Å². The molecule has 0 bridgehead atoms. The van der Waals surface area contributed by atoms with Crippen LogP contribution in [0, 0.1) is 12.7 Å². The van der Waals surface area contributed by atoms with Gasteiger partial charge in [-0.1, -0.05) is 30.3 Å². The van der Waals surface area contributed by atoms with Crippen LogP contribution in [0.1, 0.15) is 17.5 Å². The molecule has 2 N–H and O–H groups in total. The number of hydrogen-bond donors (Lipinski definition) is 2. The monoisotopic (exact) mass is 369 g/mol. The third kappa shape index (κ3) is 4.10. The van der Waals surface area contributed by atoms with Gasteiger partial charge in [-0.2, -0.15) is 0 Å². The highest BCUT2D eigenvalue weighted by atomic mass is 19.1. The van der Waals surface area contributed by atoms with Gasteiger partial charge in [0.15, 0.2) is 0 Å². The van der Waals surface area contributed by atoms with Gasteiger partial charge < -0.3 is 15.5 Å². The molecule has 1 fully saturated rings. The second-order valence-electron chi connectivity index (χ2n) is 6.97. The summed E-state index contributed by atoms with van der Waals surface area (Å²) in [4.78, 5) is 27.1. The molecule has 1 heterocycles. The second kappa shape index (κ2) is 7.78. The number of halogens is 1. The van der Waals surface area contributed by atoms with E-state index in [-0.39, 0.29) is 24.2 Å². The normalized spacial score (nSPS) is 19.0. The number of amides is 2. The van der Waals surface area contributed by atoms with Crippen LogP contribution < -0.4 is 10.6 Å². The van der Waals surface area contributed by atoms with E-state index in [0.29, 0.717) is 25.1 Å². The maximum atomic E-state index is 13.5. The molecular weight excluding hydrogens is 345 g/mol. The lowest BCUT2D eigenvalue weighted by atomic mass is 9.96. The molecule has 2 aromatic carbocycles. The Bertz CT molecular complexity index is 855. The Labute approximate surface area is 158 Å². The molecule has 0 spiro atoms. The standard InChI is InChI=1S/C21H24FN3O2/c1-15-6-3-4-7-16(15)12-19(26)25-11-10-21(14-25,20(27)23-2)24-18-9-5-8-17(22)13-18/h3-9,13,24H,10-12,14H2,1-2H3,(H,23,27). The summed E-state index contributed by atoms with van der Waals surface area (Å²) in [7, 11) is 1.56. The Morgan fingerprint density at radius 1 is 1.19 bits per heavy atom. The van der Waals surface area contributed by atoms with Crippen LogP contribution in [0.5, 0.6) is 0 Å². The topological polar surface area (TPSA) is 61.4 Å². The van der Waals surface area contributed by atoms with Crippen molar-refractivity contribution in [3.63, 3.8) is 0 Å². The summed E-state index contributed by atoms with van der Waals surface area (Å²) in [6.07, 6.45) is 0.763. The number of likely N-dealkylation sites (N-methyl/N-ethyl adjacent to an activating group) is 1. The molecule has 27 heavy (non-hydrogen) atoms. The Morgan fingerprint density at radius 2 is 1.96 bits per heavy atom. The Kier molecular flexibility index (Phi) is 5.44. The largest absolute Gasteiger partial charge is 0.370 e. The summed E-state index contributed by atoms with van der Waals surface area (Å²) >= 11 is 0. The minimum Gasteiger partial charge on any atom is -0.370 e. The van der Waals surface area contributed by atoms with Gasteiger partial charge in [0.25, 0.3) is 0 Å². The maximum absolute atomic E-state index is 13.5. The molecule has 6 heteroatoms. The van der Waals surface area contributed by atoms with Gasteiger partial charge in [0.2, 0.25) is 11.8 Å². The van der Waals surface area contributed by atoms with Crippen LogP contribution in [0.25, 0.3) is 0 Å². The lowest BCUT2D eigenvalue weighted by molar-refractivity contribution is -0.130. The number of nitrogens with zero attached hydrogens (tertiary/aromatic N) is 1. The maximum Gasteiger partial charge on any atom is 0.247 e. The first-order valence-corrected chi connectivity index (χ1v) is 9.02. The minimum absolute atomic E-state index is 0.0175. The zero-order valence-corrected chi connectivity index (χ0v) is 15.6. The van der Waals surface area contributed by atoms with E-state index in [9.17, 15) is 14.0 Å². The van der Waals surface area contributed by atoms with Crippen molar-refractivity contribution in [2.45, 2.75) is 25.3 Å². The number of nitrogens with one attached hydrogen (secondary N) is 2. The third-order valence-corrected chi connectivity index (χ3v) is 5.09. The molecule has 0 saturated carbocycles. The number of rotatable bonds is 5. The van der Waals surface area contributed by atoms with Crippen molar-refractivity contribution in [3.8, 4) is 0 Å². The highest BCUT2D eigenvalue weighted by Crippen LogP contribution is 2.28. The number of likely N-dealkylation sites (tertiary alicyclic amines) is 1. The van der Waals surface area contributed by atoms with Crippen molar-refractivity contribution in [3.05, 3.63) is 65.5 Å². The summed E-state index contributed by atoms with van der Waals surface area (Å²) in [5, 5.41) is 5.83. The summed E-state index contributed by atoms with van der Waals surface area (Å²) < 4.78 is 13.5. The van der Waals surface area contributed by atoms with Gasteiger partial charge >= 0.3 is 0 Å². The van der Waals surface area contributed by atoms with Crippen LogP contribution >= 0.6 is 0 Å². The molecule has 142 valence electrons. The van der Waals surface area contributed by atoms with Gasteiger partial charge in [0.1, 0.15) is 11.4 Å². The summed E-state index contributed by atoms with van der Waals surface area (Å²) in [5.74, 6) is -0.605. The van der Waals surface area contributed by atoms with Crippen LogP contribution in [-0.2, 0) is 16.0 Å². The molecule has 1 saturated heterocycles. The lowest BCUT2D eigenvalue weighted by Gasteiger charge is -2.30. The van der Waals surface area contributed by atoms with Crippen LogP contribution in [0.4, 0.5) is 10.1 Å². The van der Waals surface area contributed by atoms with E-state index in [1.807, 2.05) is 31.2 Å². The SMILES string of the molecule is CNC(=O)C1(Nc2cccc(F)c2)CCN(C(=O)Cc2ccccc2C)C1. The molecule has 1 unspecified atom stereocenters. The van der Waals surface area contributed by atoms with E-state index in [1.54, 1.807) is 24.1 Å². The molecule has 1 aliphatic rings. The first kappa shape index (κ1) is 18.9. The van der Waals surface area contributed by atoms with E-state index in [0.717, 1.165) is 11.1 Å². The van der Waals surface area contributed by atoms with E-state index in [4.69, 9.17) is 0 Å². The molecule has 3 rings (SSSR count). The number of benzene rings is 2. The van der Waals surface area contributed by atoms with Crippen LogP contribution in [0.2, 0.25) is 0 Å². The van der Waals surface area contributed by atoms with Gasteiger partial charge in [-0.05, 0) is 42.7 Å². The number of anilines is 1. The fourth-order valence-corrected chi connectivity index (χ4v) is 3.53. The first-order valence-electron chi connectivity index (χ1n) is 9.02. The van der Waals surface area contributed by atoms with E-state index >= 15 is 0 Å². The molecule has 1 aliphatic heterocycles. The zero-order valence-electron chi connectivity index (χ0n) is 15.6. The van der Waals surface area contributed by atoms with E-state index in [2.05, 4.69) is 10.6 Å². The summed E-state index contributed by atoms with van der Waals surface area (Å²) in [5.41, 5.74) is 1.61. The number of aryl methyl sites for hydroxylation is 1. The van der Waals surface area contributed by atoms with Crippen LogP contribution in [0.3, 0.4) is 0 Å². The average Bonchev–Trinajstić information content (AvgIpc) is 3.08. The molecule has 2 amide bonds. The van der Waals surface area contributed by atoms with Gasteiger partial charge in [-0.25, -0.2) is 4.39 Å². The Morgan fingerprint density at radius 3 is 2.67 bits per heavy atom. The minimum atomic E-state index is -0.968. The van der Waals surface area contributed by atoms with Gasteiger partial charge in [-0.3, -0.25) is 9.59 Å². The molecule has 0 aromatic heterocycles. The molecule has 2 aromatic rings. The number of hydrogen-bond acceptors (Lipinski definition) is 3. The van der Waals surface area contributed by atoms with Crippen LogP contribution in [-0.4, -0.2) is 42.4 Å². The van der Waals surface area contributed by atoms with Crippen molar-refractivity contribution in [2.75, 3.05) is 25.5 Å². The third-order valence-electron chi connectivity index (χ3n) is 5.09. The number of carbonyl (C=O) groups is 2. The quantitative estimate of drug-likeness (QED) is 0.851. The summed E-state index contributed by atoms with van der Waals surface area (Å²) in [6, 6.07) is 13.8. The zero-order chi connectivity index (χ0) is 19.4. The fourth-order valence-electron chi connectivity index (χ4n) is 3.53. The molecule has 5 nitrogen and oxygen atoms in total. The number of carbonyl (C=O) groups excluding carboxylic acids is 2. The first-order chi connectivity index (χ1) is 12.9. The predicted octanol–water partition coefficient (Wildman–Crippen LogP) is 2.51. The average molecular weight is 369 g/mol. The Hall–Kier alpha value is -2.89. The van der Waals surface area contributed by atoms with Crippen LogP contribution in [0.15, 0.2) is 48.5 Å². The molecule has 0 aliphatic carbocycles. The van der Waals surface area contributed by atoms with Gasteiger partial charge in [0.05, 0.1) is 13.0 Å². The van der Waals surface area contributed by atoms with Gasteiger partial charge in [0, 0.05) is 19.3 Å². The highest BCUT2D eigenvalue weighted by molar-refractivity contribution is 5.91. The van der Waals surface area contributed by atoms with Crippen molar-refractivity contribution in [1.29, 1.82) is 0 Å². The van der Waals surface area contributed by atoms with Crippen molar-refractivity contribution in [1.82, 2.24) is 10.2 Å². The van der Waals surface area contributed by atoms with Gasteiger partial charge in [-0.15, -0.1) is 0 Å². The van der Waals surface area contributed by atoms with Crippen molar-refractivity contribution >= 4 is 17.5 Å². The summed E-state index contributed by atoms with van der Waals surface area (Å²) in [6.45, 7) is 2.70. The fraction of sp³-hybridized carbons (Fsp3) is 0.333.